The number of nitrogens with zero attached hydrogens (tertiary/aromatic N) is 1. The zero-order valence-corrected chi connectivity index (χ0v) is 10.5. The van der Waals surface area contributed by atoms with E-state index in [1.165, 1.54) is 0 Å². The standard InChI is InChI=1S/C8H11NO.2C2H6/c1-6-4-5-8(10)9(3)7(6)2;2*1-2/h4-5H,1-3H3;2*1-2H3. The molecule has 0 aromatic carbocycles. The highest BCUT2D eigenvalue weighted by atomic mass is 16.1. The smallest absolute Gasteiger partial charge is 0.250 e. The Morgan fingerprint density at radius 1 is 1.00 bits per heavy atom. The van der Waals surface area contributed by atoms with Crippen molar-refractivity contribution >= 4 is 0 Å². The van der Waals surface area contributed by atoms with Gasteiger partial charge in [0.2, 0.25) is 5.56 Å². The predicted octanol–water partition coefficient (Wildman–Crippen LogP) is 3.05. The van der Waals surface area contributed by atoms with Crippen LogP contribution in [0.15, 0.2) is 16.9 Å². The molecule has 0 N–H and O–H groups in total. The van der Waals surface area contributed by atoms with Crippen molar-refractivity contribution in [3.05, 3.63) is 33.7 Å². The molecule has 0 saturated carbocycles. The number of aromatic nitrogens is 1. The van der Waals surface area contributed by atoms with Crippen molar-refractivity contribution < 1.29 is 0 Å². The van der Waals surface area contributed by atoms with Crippen LogP contribution in [0.2, 0.25) is 0 Å². The zero-order chi connectivity index (χ0) is 11.7. The Labute approximate surface area is 87.6 Å². The van der Waals surface area contributed by atoms with Gasteiger partial charge in [0.1, 0.15) is 0 Å². The summed E-state index contributed by atoms with van der Waals surface area (Å²) in [6.07, 6.45) is 0. The van der Waals surface area contributed by atoms with Crippen LogP contribution in [0.4, 0.5) is 0 Å². The maximum Gasteiger partial charge on any atom is 0.250 e. The van der Waals surface area contributed by atoms with Crippen molar-refractivity contribution in [2.24, 2.45) is 7.05 Å². The van der Waals surface area contributed by atoms with Crippen LogP contribution in [0.25, 0.3) is 0 Å². The summed E-state index contributed by atoms with van der Waals surface area (Å²) in [7, 11) is 1.78. The van der Waals surface area contributed by atoms with Crippen LogP contribution in [0, 0.1) is 13.8 Å². The lowest BCUT2D eigenvalue weighted by Crippen LogP contribution is -2.17. The van der Waals surface area contributed by atoms with Crippen molar-refractivity contribution in [1.29, 1.82) is 0 Å². The largest absolute Gasteiger partial charge is 0.316 e. The summed E-state index contributed by atoms with van der Waals surface area (Å²) in [5.74, 6) is 0. The first-order valence-corrected chi connectivity index (χ1v) is 5.26. The number of hydrogen-bond acceptors (Lipinski definition) is 1. The number of hydrogen-bond donors (Lipinski definition) is 0. The highest BCUT2D eigenvalue weighted by molar-refractivity contribution is 5.17. The second kappa shape index (κ2) is 8.54. The first kappa shape index (κ1) is 15.4. The van der Waals surface area contributed by atoms with Crippen molar-refractivity contribution in [2.75, 3.05) is 0 Å². The molecule has 0 atom stereocenters. The lowest BCUT2D eigenvalue weighted by Gasteiger charge is -2.04. The van der Waals surface area contributed by atoms with Gasteiger partial charge in [-0.3, -0.25) is 4.79 Å². The van der Waals surface area contributed by atoms with E-state index in [-0.39, 0.29) is 5.56 Å². The van der Waals surface area contributed by atoms with Gasteiger partial charge in [0.05, 0.1) is 0 Å². The van der Waals surface area contributed by atoms with Crippen molar-refractivity contribution in [3.63, 3.8) is 0 Å². The lowest BCUT2D eigenvalue weighted by molar-refractivity contribution is 0.808. The van der Waals surface area contributed by atoms with E-state index in [0.717, 1.165) is 11.3 Å². The van der Waals surface area contributed by atoms with E-state index in [1.54, 1.807) is 17.7 Å². The molecule has 2 heteroatoms. The molecule has 0 aliphatic rings. The summed E-state index contributed by atoms with van der Waals surface area (Å²) in [5.41, 5.74) is 2.25. The Morgan fingerprint density at radius 2 is 1.43 bits per heavy atom. The molecule has 0 aliphatic heterocycles. The van der Waals surface area contributed by atoms with Gasteiger partial charge >= 0.3 is 0 Å². The van der Waals surface area contributed by atoms with Crippen LogP contribution in [-0.2, 0) is 7.05 Å². The molecule has 1 heterocycles. The summed E-state index contributed by atoms with van der Waals surface area (Å²) in [6.45, 7) is 11.9. The zero-order valence-electron chi connectivity index (χ0n) is 10.5. The maximum atomic E-state index is 11.0. The first-order valence-electron chi connectivity index (χ1n) is 5.26. The molecule has 0 fully saturated rings. The van der Waals surface area contributed by atoms with Crippen LogP contribution in [-0.4, -0.2) is 4.57 Å². The van der Waals surface area contributed by atoms with Gasteiger partial charge in [-0.15, -0.1) is 0 Å². The van der Waals surface area contributed by atoms with Crippen LogP contribution >= 0.6 is 0 Å². The Hall–Kier alpha value is -1.05. The molecule has 14 heavy (non-hydrogen) atoms. The first-order chi connectivity index (χ1) is 6.63. The van der Waals surface area contributed by atoms with Gasteiger partial charge in [-0.1, -0.05) is 33.8 Å². The minimum Gasteiger partial charge on any atom is -0.316 e. The Balaban J connectivity index is 0. The number of rotatable bonds is 0. The third-order valence-corrected chi connectivity index (χ3v) is 1.88. The van der Waals surface area contributed by atoms with E-state index >= 15 is 0 Å². The summed E-state index contributed by atoms with van der Waals surface area (Å²) < 4.78 is 1.65. The molecular weight excluding hydrogens is 174 g/mol. The fraction of sp³-hybridized carbons (Fsp3) is 0.583. The Bertz CT molecular complexity index is 300. The van der Waals surface area contributed by atoms with Crippen LogP contribution in [0.1, 0.15) is 39.0 Å². The van der Waals surface area contributed by atoms with Gasteiger partial charge in [-0.05, 0) is 19.4 Å². The average molecular weight is 197 g/mol. The minimum absolute atomic E-state index is 0.0584. The monoisotopic (exact) mass is 197 g/mol. The van der Waals surface area contributed by atoms with E-state index in [1.807, 2.05) is 47.6 Å². The maximum absolute atomic E-state index is 11.0. The van der Waals surface area contributed by atoms with Crippen LogP contribution in [0.3, 0.4) is 0 Å². The quantitative estimate of drug-likeness (QED) is 0.626. The van der Waals surface area contributed by atoms with Crippen LogP contribution < -0.4 is 5.56 Å². The highest BCUT2D eigenvalue weighted by Crippen LogP contribution is 1.99. The molecule has 0 unspecified atom stereocenters. The predicted molar refractivity (Wildman–Crippen MR) is 63.9 cm³/mol. The average Bonchev–Trinajstić information content (AvgIpc) is 2.26. The van der Waals surface area contributed by atoms with E-state index < -0.39 is 0 Å². The molecule has 0 saturated heterocycles. The summed E-state index contributed by atoms with van der Waals surface area (Å²) in [5, 5.41) is 0. The van der Waals surface area contributed by atoms with Crippen LogP contribution in [0.5, 0.6) is 0 Å². The fourth-order valence-electron chi connectivity index (χ4n) is 0.859. The van der Waals surface area contributed by atoms with Gasteiger partial charge in [0, 0.05) is 18.8 Å². The summed E-state index contributed by atoms with van der Waals surface area (Å²) >= 11 is 0. The second-order valence-electron chi connectivity index (χ2n) is 2.50. The molecule has 0 amide bonds. The van der Waals surface area contributed by atoms with Gasteiger partial charge in [0.25, 0.3) is 0 Å². The molecular formula is C12H23NO. The molecule has 2 nitrogen and oxygen atoms in total. The SMILES string of the molecule is CC.CC.Cc1ccc(=O)n(C)c1C. The van der Waals surface area contributed by atoms with Crippen molar-refractivity contribution in [2.45, 2.75) is 41.5 Å². The molecule has 0 aliphatic carbocycles. The molecule has 0 bridgehead atoms. The molecule has 0 radical (unpaired) electrons. The third kappa shape index (κ3) is 4.26. The Morgan fingerprint density at radius 3 is 1.79 bits per heavy atom. The third-order valence-electron chi connectivity index (χ3n) is 1.88. The number of aryl methyl sites for hydroxylation is 1. The van der Waals surface area contributed by atoms with Gasteiger partial charge in [-0.2, -0.15) is 0 Å². The second-order valence-corrected chi connectivity index (χ2v) is 2.50. The summed E-state index contributed by atoms with van der Waals surface area (Å²) in [4.78, 5) is 11.0. The summed E-state index contributed by atoms with van der Waals surface area (Å²) in [6, 6.07) is 3.43. The van der Waals surface area contributed by atoms with E-state index in [4.69, 9.17) is 0 Å². The molecule has 82 valence electrons. The lowest BCUT2D eigenvalue weighted by atomic mass is 10.2. The molecule has 1 aromatic heterocycles. The van der Waals surface area contributed by atoms with E-state index in [0.29, 0.717) is 0 Å². The Kier molecular flexibility index (Phi) is 9.41. The van der Waals surface area contributed by atoms with Gasteiger partial charge < -0.3 is 4.57 Å². The highest BCUT2D eigenvalue weighted by Gasteiger charge is 1.95. The normalized spacial score (nSPS) is 7.93. The van der Waals surface area contributed by atoms with Gasteiger partial charge in [-0.25, -0.2) is 0 Å². The molecule has 1 aromatic rings. The van der Waals surface area contributed by atoms with E-state index in [2.05, 4.69) is 0 Å². The van der Waals surface area contributed by atoms with E-state index in [9.17, 15) is 4.79 Å². The van der Waals surface area contributed by atoms with Crippen molar-refractivity contribution in [1.82, 2.24) is 4.57 Å². The number of pyridine rings is 1. The fourth-order valence-corrected chi connectivity index (χ4v) is 0.859. The van der Waals surface area contributed by atoms with Gasteiger partial charge in [0.15, 0.2) is 0 Å². The van der Waals surface area contributed by atoms with Crippen molar-refractivity contribution in [3.8, 4) is 0 Å². The topological polar surface area (TPSA) is 22.0 Å². The molecule has 1 rings (SSSR count). The minimum atomic E-state index is 0.0584. The molecule has 0 spiro atoms.